The maximum absolute atomic E-state index is 2.51. The standard InChI is InChI=1S/C16H25N/c1-12-9-10-16(14(3)11-12)17(4)15-8-6-5-7-13(15)2/h9-11,13,15H,5-8H2,1-4H3. The Hall–Kier alpha value is -0.980. The van der Waals surface area contributed by atoms with E-state index in [1.807, 2.05) is 0 Å². The Morgan fingerprint density at radius 3 is 2.47 bits per heavy atom. The van der Waals surface area contributed by atoms with Crippen molar-refractivity contribution in [3.05, 3.63) is 29.3 Å². The number of nitrogens with zero attached hydrogens (tertiary/aromatic N) is 1. The van der Waals surface area contributed by atoms with Gasteiger partial charge in [-0.2, -0.15) is 0 Å². The number of benzene rings is 1. The number of hydrogen-bond donors (Lipinski definition) is 0. The minimum absolute atomic E-state index is 0.727. The van der Waals surface area contributed by atoms with Gasteiger partial charge >= 0.3 is 0 Å². The quantitative estimate of drug-likeness (QED) is 0.732. The van der Waals surface area contributed by atoms with Crippen molar-refractivity contribution in [1.29, 1.82) is 0 Å². The molecular formula is C16H25N. The maximum atomic E-state index is 2.51. The second-order valence-electron chi connectivity index (χ2n) is 5.73. The highest BCUT2D eigenvalue weighted by molar-refractivity contribution is 5.54. The van der Waals surface area contributed by atoms with E-state index in [0.29, 0.717) is 0 Å². The van der Waals surface area contributed by atoms with E-state index in [0.717, 1.165) is 12.0 Å². The van der Waals surface area contributed by atoms with Crippen LogP contribution in [-0.2, 0) is 0 Å². The first-order valence-electron chi connectivity index (χ1n) is 6.89. The molecule has 0 N–H and O–H groups in total. The molecule has 0 bridgehead atoms. The molecule has 1 aliphatic rings. The second kappa shape index (κ2) is 5.12. The molecule has 0 amide bonds. The molecule has 94 valence electrons. The highest BCUT2D eigenvalue weighted by Crippen LogP contribution is 2.31. The first-order chi connectivity index (χ1) is 8.09. The molecule has 0 radical (unpaired) electrons. The Morgan fingerprint density at radius 1 is 1.12 bits per heavy atom. The fourth-order valence-corrected chi connectivity index (χ4v) is 3.25. The molecule has 2 unspecified atom stereocenters. The van der Waals surface area contributed by atoms with Crippen molar-refractivity contribution in [3.63, 3.8) is 0 Å². The first kappa shape index (κ1) is 12.5. The summed E-state index contributed by atoms with van der Waals surface area (Å²) in [5.74, 6) is 0.828. The smallest absolute Gasteiger partial charge is 0.0396 e. The summed E-state index contributed by atoms with van der Waals surface area (Å²) in [5.41, 5.74) is 4.18. The molecule has 1 fully saturated rings. The van der Waals surface area contributed by atoms with Gasteiger partial charge in [0, 0.05) is 18.8 Å². The van der Waals surface area contributed by atoms with Gasteiger partial charge in [-0.15, -0.1) is 0 Å². The molecule has 0 spiro atoms. The monoisotopic (exact) mass is 231 g/mol. The highest BCUT2D eigenvalue weighted by atomic mass is 15.1. The van der Waals surface area contributed by atoms with E-state index >= 15 is 0 Å². The summed E-state index contributed by atoms with van der Waals surface area (Å²) in [7, 11) is 2.27. The molecule has 0 saturated heterocycles. The van der Waals surface area contributed by atoms with Crippen molar-refractivity contribution in [2.24, 2.45) is 5.92 Å². The van der Waals surface area contributed by atoms with E-state index in [-0.39, 0.29) is 0 Å². The summed E-state index contributed by atoms with van der Waals surface area (Å²) in [4.78, 5) is 2.51. The average molecular weight is 231 g/mol. The van der Waals surface area contributed by atoms with Crippen LogP contribution >= 0.6 is 0 Å². The van der Waals surface area contributed by atoms with Crippen LogP contribution in [0.2, 0.25) is 0 Å². The van der Waals surface area contributed by atoms with Crippen molar-refractivity contribution in [2.45, 2.75) is 52.5 Å². The van der Waals surface area contributed by atoms with Gasteiger partial charge < -0.3 is 4.90 Å². The first-order valence-corrected chi connectivity index (χ1v) is 6.89. The Bertz CT molecular complexity index is 383. The predicted molar refractivity (Wildman–Crippen MR) is 75.7 cm³/mol. The van der Waals surface area contributed by atoms with Crippen LogP contribution in [0.5, 0.6) is 0 Å². The topological polar surface area (TPSA) is 3.24 Å². The molecule has 17 heavy (non-hydrogen) atoms. The van der Waals surface area contributed by atoms with Gasteiger partial charge in [-0.1, -0.05) is 37.5 Å². The third kappa shape index (κ3) is 2.65. The number of aryl methyl sites for hydroxylation is 2. The lowest BCUT2D eigenvalue weighted by Gasteiger charge is -2.38. The van der Waals surface area contributed by atoms with Crippen molar-refractivity contribution in [3.8, 4) is 0 Å². The molecule has 1 aromatic rings. The van der Waals surface area contributed by atoms with E-state index in [9.17, 15) is 0 Å². The Balaban J connectivity index is 2.20. The Kier molecular flexibility index (Phi) is 3.76. The summed E-state index contributed by atoms with van der Waals surface area (Å²) in [6.45, 7) is 6.80. The van der Waals surface area contributed by atoms with Crippen molar-refractivity contribution in [1.82, 2.24) is 0 Å². The molecule has 0 aliphatic heterocycles. The summed E-state index contributed by atoms with van der Waals surface area (Å²) < 4.78 is 0. The van der Waals surface area contributed by atoms with Gasteiger partial charge in [0.25, 0.3) is 0 Å². The van der Waals surface area contributed by atoms with E-state index < -0.39 is 0 Å². The second-order valence-corrected chi connectivity index (χ2v) is 5.73. The number of rotatable bonds is 2. The Morgan fingerprint density at radius 2 is 1.82 bits per heavy atom. The van der Waals surface area contributed by atoms with Crippen molar-refractivity contribution >= 4 is 5.69 Å². The van der Waals surface area contributed by atoms with Crippen molar-refractivity contribution < 1.29 is 0 Å². The summed E-state index contributed by atoms with van der Waals surface area (Å²) in [5, 5.41) is 0. The van der Waals surface area contributed by atoms with Crippen LogP contribution in [0, 0.1) is 19.8 Å². The van der Waals surface area contributed by atoms with Crippen LogP contribution in [0.3, 0.4) is 0 Å². The Labute approximate surface area is 106 Å². The third-order valence-corrected chi connectivity index (χ3v) is 4.30. The van der Waals surface area contributed by atoms with E-state index in [2.05, 4.69) is 50.9 Å². The molecule has 1 heteroatoms. The van der Waals surface area contributed by atoms with Crippen LogP contribution in [0.25, 0.3) is 0 Å². The highest BCUT2D eigenvalue weighted by Gasteiger charge is 2.25. The van der Waals surface area contributed by atoms with Gasteiger partial charge in [-0.3, -0.25) is 0 Å². The normalized spacial score (nSPS) is 24.7. The van der Waals surface area contributed by atoms with Gasteiger partial charge in [0.2, 0.25) is 0 Å². The van der Waals surface area contributed by atoms with Gasteiger partial charge in [-0.25, -0.2) is 0 Å². The summed E-state index contributed by atoms with van der Waals surface area (Å²) in [6, 6.07) is 7.53. The van der Waals surface area contributed by atoms with Crippen LogP contribution in [-0.4, -0.2) is 13.1 Å². The number of hydrogen-bond acceptors (Lipinski definition) is 1. The maximum Gasteiger partial charge on any atom is 0.0396 e. The average Bonchev–Trinajstić information content (AvgIpc) is 2.29. The van der Waals surface area contributed by atoms with Crippen LogP contribution < -0.4 is 4.90 Å². The SMILES string of the molecule is Cc1ccc(N(C)C2CCCCC2C)c(C)c1. The molecule has 2 atom stereocenters. The van der Waals surface area contributed by atoms with Crippen molar-refractivity contribution in [2.75, 3.05) is 11.9 Å². The zero-order valence-corrected chi connectivity index (χ0v) is 11.7. The fraction of sp³-hybridized carbons (Fsp3) is 0.625. The zero-order chi connectivity index (χ0) is 12.4. The molecule has 0 heterocycles. The lowest BCUT2D eigenvalue weighted by atomic mass is 9.84. The molecule has 1 saturated carbocycles. The molecular weight excluding hydrogens is 206 g/mol. The third-order valence-electron chi connectivity index (χ3n) is 4.30. The zero-order valence-electron chi connectivity index (χ0n) is 11.7. The fourth-order valence-electron chi connectivity index (χ4n) is 3.25. The lowest BCUT2D eigenvalue weighted by Crippen LogP contribution is -2.39. The summed E-state index contributed by atoms with van der Waals surface area (Å²) >= 11 is 0. The van der Waals surface area contributed by atoms with E-state index in [4.69, 9.17) is 0 Å². The minimum atomic E-state index is 0.727. The van der Waals surface area contributed by atoms with E-state index in [1.54, 1.807) is 0 Å². The lowest BCUT2D eigenvalue weighted by molar-refractivity contribution is 0.321. The molecule has 0 aromatic heterocycles. The van der Waals surface area contributed by atoms with Gasteiger partial charge in [0.05, 0.1) is 0 Å². The van der Waals surface area contributed by atoms with Gasteiger partial charge in [0.1, 0.15) is 0 Å². The predicted octanol–water partition coefficient (Wildman–Crippen LogP) is 4.32. The number of anilines is 1. The molecule has 1 nitrogen and oxygen atoms in total. The van der Waals surface area contributed by atoms with Crippen LogP contribution in [0.1, 0.15) is 43.7 Å². The molecule has 1 aromatic carbocycles. The van der Waals surface area contributed by atoms with Gasteiger partial charge in [0.15, 0.2) is 0 Å². The molecule has 1 aliphatic carbocycles. The van der Waals surface area contributed by atoms with Crippen LogP contribution in [0.15, 0.2) is 18.2 Å². The minimum Gasteiger partial charge on any atom is -0.371 e. The van der Waals surface area contributed by atoms with E-state index in [1.165, 1.54) is 42.5 Å². The van der Waals surface area contributed by atoms with Gasteiger partial charge in [-0.05, 0) is 44.2 Å². The summed E-state index contributed by atoms with van der Waals surface area (Å²) in [6.07, 6.45) is 5.55. The largest absolute Gasteiger partial charge is 0.371 e. The molecule has 2 rings (SSSR count). The van der Waals surface area contributed by atoms with Crippen LogP contribution in [0.4, 0.5) is 5.69 Å².